The number of carbonyl (C=O) groups is 1. The summed E-state index contributed by atoms with van der Waals surface area (Å²) in [6.07, 6.45) is 1.42. The van der Waals surface area contributed by atoms with Crippen molar-refractivity contribution in [1.82, 2.24) is 15.5 Å². The molecule has 0 saturated heterocycles. The number of ether oxygens (including phenoxy) is 1. The fourth-order valence-corrected chi connectivity index (χ4v) is 1.60. The molecule has 1 N–H and O–H groups in total. The minimum absolute atomic E-state index is 0.261. The molecule has 1 atom stereocenters. The summed E-state index contributed by atoms with van der Waals surface area (Å²) in [6.45, 7) is 6.46. The predicted octanol–water partition coefficient (Wildman–Crippen LogP) is 1.31. The Balaban J connectivity index is 2.52. The average molecular weight is 255 g/mol. The number of nitrogens with zero attached hydrogens (tertiary/aromatic N) is 2. The Hall–Kier alpha value is -1.43. The Morgan fingerprint density at radius 3 is 2.72 bits per heavy atom. The summed E-state index contributed by atoms with van der Waals surface area (Å²) in [5.74, 6) is 1.30. The largest absolute Gasteiger partial charge is 0.468 e. The maximum Gasteiger partial charge on any atom is 0.322 e. The molecule has 6 heteroatoms. The molecule has 1 heterocycles. The summed E-state index contributed by atoms with van der Waals surface area (Å²) >= 11 is 0. The molecule has 102 valence electrons. The van der Waals surface area contributed by atoms with Gasteiger partial charge in [0.2, 0.25) is 5.89 Å². The molecule has 0 bridgehead atoms. The van der Waals surface area contributed by atoms with Gasteiger partial charge in [-0.25, -0.2) is 0 Å². The van der Waals surface area contributed by atoms with Crippen LogP contribution >= 0.6 is 0 Å². The van der Waals surface area contributed by atoms with Gasteiger partial charge in [-0.1, -0.05) is 25.9 Å². The number of rotatable bonds is 7. The van der Waals surface area contributed by atoms with Crippen LogP contribution in [0.15, 0.2) is 4.52 Å². The van der Waals surface area contributed by atoms with E-state index in [1.807, 2.05) is 6.92 Å². The average Bonchev–Trinajstić information content (AvgIpc) is 2.81. The summed E-state index contributed by atoms with van der Waals surface area (Å²) in [7, 11) is 1.39. The highest BCUT2D eigenvalue weighted by molar-refractivity contribution is 5.75. The molecule has 0 amide bonds. The lowest BCUT2D eigenvalue weighted by molar-refractivity contribution is -0.143. The predicted molar refractivity (Wildman–Crippen MR) is 65.8 cm³/mol. The zero-order chi connectivity index (χ0) is 13.5. The van der Waals surface area contributed by atoms with Gasteiger partial charge in [0.15, 0.2) is 5.82 Å². The van der Waals surface area contributed by atoms with Gasteiger partial charge in [0, 0.05) is 6.42 Å². The van der Waals surface area contributed by atoms with Gasteiger partial charge < -0.3 is 9.26 Å². The topological polar surface area (TPSA) is 77.2 Å². The number of hydrogen-bond donors (Lipinski definition) is 1. The van der Waals surface area contributed by atoms with Gasteiger partial charge in [-0.05, 0) is 12.3 Å². The summed E-state index contributed by atoms with van der Waals surface area (Å²) < 4.78 is 9.76. The Bertz CT molecular complexity index is 376. The molecule has 1 aromatic rings. The summed E-state index contributed by atoms with van der Waals surface area (Å²) in [5, 5.41) is 6.92. The smallest absolute Gasteiger partial charge is 0.322 e. The third kappa shape index (κ3) is 4.44. The van der Waals surface area contributed by atoms with Crippen LogP contribution in [-0.4, -0.2) is 29.3 Å². The van der Waals surface area contributed by atoms with E-state index in [4.69, 9.17) is 9.26 Å². The van der Waals surface area contributed by atoms with Crippen LogP contribution in [0.3, 0.4) is 0 Å². The van der Waals surface area contributed by atoms with E-state index in [2.05, 4.69) is 29.3 Å². The van der Waals surface area contributed by atoms with Crippen LogP contribution in [0.2, 0.25) is 0 Å². The Kier molecular flexibility index (Phi) is 5.77. The second-order valence-electron chi connectivity index (χ2n) is 4.54. The quantitative estimate of drug-likeness (QED) is 0.740. The Morgan fingerprint density at radius 2 is 2.22 bits per heavy atom. The highest BCUT2D eigenvalue weighted by atomic mass is 16.5. The molecule has 0 fully saturated rings. The molecule has 0 radical (unpaired) electrons. The van der Waals surface area contributed by atoms with Crippen LogP contribution in [0.25, 0.3) is 0 Å². The first-order valence-corrected chi connectivity index (χ1v) is 6.19. The number of aromatic nitrogens is 2. The molecule has 0 aromatic carbocycles. The molecule has 1 unspecified atom stereocenters. The van der Waals surface area contributed by atoms with E-state index in [0.717, 1.165) is 0 Å². The minimum Gasteiger partial charge on any atom is -0.468 e. The lowest BCUT2D eigenvalue weighted by Crippen LogP contribution is -2.38. The SMILES string of the molecule is CCc1nc(CNC(CC(C)C)C(=O)OC)no1. The summed E-state index contributed by atoms with van der Waals surface area (Å²) in [5.41, 5.74) is 0. The second-order valence-corrected chi connectivity index (χ2v) is 4.54. The van der Waals surface area contributed by atoms with Gasteiger partial charge in [-0.2, -0.15) is 4.98 Å². The van der Waals surface area contributed by atoms with Gasteiger partial charge >= 0.3 is 5.97 Å². The molecular formula is C12H21N3O3. The number of nitrogens with one attached hydrogen (secondary N) is 1. The molecule has 1 rings (SSSR count). The molecule has 0 aliphatic rings. The van der Waals surface area contributed by atoms with Crippen LogP contribution in [0, 0.1) is 5.92 Å². The van der Waals surface area contributed by atoms with Crippen molar-refractivity contribution in [2.45, 2.75) is 46.2 Å². The molecule has 0 saturated carbocycles. The van der Waals surface area contributed by atoms with Crippen molar-refractivity contribution in [1.29, 1.82) is 0 Å². The van der Waals surface area contributed by atoms with E-state index in [9.17, 15) is 4.79 Å². The summed E-state index contributed by atoms with van der Waals surface area (Å²) in [4.78, 5) is 15.8. The van der Waals surface area contributed by atoms with E-state index >= 15 is 0 Å². The van der Waals surface area contributed by atoms with Crippen LogP contribution in [0.4, 0.5) is 0 Å². The molecule has 6 nitrogen and oxygen atoms in total. The van der Waals surface area contributed by atoms with E-state index in [1.54, 1.807) is 0 Å². The first-order chi connectivity index (χ1) is 8.56. The van der Waals surface area contributed by atoms with Crippen molar-refractivity contribution in [3.05, 3.63) is 11.7 Å². The van der Waals surface area contributed by atoms with Crippen molar-refractivity contribution < 1.29 is 14.1 Å². The Morgan fingerprint density at radius 1 is 1.50 bits per heavy atom. The molecule has 0 aliphatic carbocycles. The molecule has 0 spiro atoms. The third-order valence-electron chi connectivity index (χ3n) is 2.51. The van der Waals surface area contributed by atoms with Gasteiger partial charge in [0.25, 0.3) is 0 Å². The first kappa shape index (κ1) is 14.6. The highest BCUT2D eigenvalue weighted by Crippen LogP contribution is 2.07. The van der Waals surface area contributed by atoms with Crippen molar-refractivity contribution in [3.63, 3.8) is 0 Å². The van der Waals surface area contributed by atoms with E-state index in [1.165, 1.54) is 7.11 Å². The fourth-order valence-electron chi connectivity index (χ4n) is 1.60. The summed E-state index contributed by atoms with van der Waals surface area (Å²) in [6, 6.07) is -0.335. The van der Waals surface area contributed by atoms with Gasteiger partial charge in [-0.15, -0.1) is 0 Å². The maximum absolute atomic E-state index is 11.6. The third-order valence-corrected chi connectivity index (χ3v) is 2.51. The first-order valence-electron chi connectivity index (χ1n) is 6.19. The highest BCUT2D eigenvalue weighted by Gasteiger charge is 2.20. The maximum atomic E-state index is 11.6. The van der Waals surface area contributed by atoms with Crippen molar-refractivity contribution in [2.75, 3.05) is 7.11 Å². The van der Waals surface area contributed by atoms with Crippen LogP contribution in [-0.2, 0) is 22.5 Å². The number of esters is 1. The number of hydrogen-bond acceptors (Lipinski definition) is 6. The van der Waals surface area contributed by atoms with Crippen LogP contribution in [0.1, 0.15) is 38.9 Å². The van der Waals surface area contributed by atoms with Crippen molar-refractivity contribution >= 4 is 5.97 Å². The van der Waals surface area contributed by atoms with Gasteiger partial charge in [0.05, 0.1) is 13.7 Å². The number of aryl methyl sites for hydroxylation is 1. The molecule has 0 aliphatic heterocycles. The van der Waals surface area contributed by atoms with Crippen LogP contribution in [0.5, 0.6) is 0 Å². The van der Waals surface area contributed by atoms with E-state index < -0.39 is 0 Å². The second kappa shape index (κ2) is 7.10. The number of methoxy groups -OCH3 is 1. The molecule has 1 aromatic heterocycles. The normalized spacial score (nSPS) is 12.7. The number of carbonyl (C=O) groups excluding carboxylic acids is 1. The van der Waals surface area contributed by atoms with Gasteiger partial charge in [-0.3, -0.25) is 10.1 Å². The zero-order valence-electron chi connectivity index (χ0n) is 11.4. The minimum atomic E-state index is -0.335. The van der Waals surface area contributed by atoms with Crippen molar-refractivity contribution in [3.8, 4) is 0 Å². The lowest BCUT2D eigenvalue weighted by Gasteiger charge is -2.17. The molecular weight excluding hydrogens is 234 g/mol. The van der Waals surface area contributed by atoms with E-state index in [0.29, 0.717) is 37.0 Å². The van der Waals surface area contributed by atoms with Crippen LogP contribution < -0.4 is 5.32 Å². The molecule has 18 heavy (non-hydrogen) atoms. The standard InChI is InChI=1S/C12H21N3O3/c1-5-11-14-10(15-18-11)7-13-9(6-8(2)3)12(16)17-4/h8-9,13H,5-7H2,1-4H3. The van der Waals surface area contributed by atoms with Gasteiger partial charge in [0.1, 0.15) is 6.04 Å². The Labute approximate surface area is 107 Å². The lowest BCUT2D eigenvalue weighted by atomic mass is 10.0. The van der Waals surface area contributed by atoms with Crippen molar-refractivity contribution in [2.24, 2.45) is 5.92 Å². The fraction of sp³-hybridized carbons (Fsp3) is 0.750. The monoisotopic (exact) mass is 255 g/mol. The van der Waals surface area contributed by atoms with E-state index in [-0.39, 0.29) is 12.0 Å². The zero-order valence-corrected chi connectivity index (χ0v) is 11.4.